The topological polar surface area (TPSA) is 75.7 Å². The number of sulfonamides is 1. The van der Waals surface area contributed by atoms with E-state index in [0.717, 1.165) is 0 Å². The molecule has 23 heavy (non-hydrogen) atoms. The van der Waals surface area contributed by atoms with Crippen LogP contribution in [-0.2, 0) is 14.8 Å². The Morgan fingerprint density at radius 3 is 2.65 bits per heavy atom. The van der Waals surface area contributed by atoms with Crippen molar-refractivity contribution in [2.75, 3.05) is 20.2 Å². The van der Waals surface area contributed by atoms with Crippen molar-refractivity contribution in [1.29, 1.82) is 0 Å². The molecule has 1 aliphatic heterocycles. The van der Waals surface area contributed by atoms with Gasteiger partial charge in [-0.3, -0.25) is 0 Å². The maximum absolute atomic E-state index is 12.9. The number of piperazine rings is 1. The minimum absolute atomic E-state index is 0. The van der Waals surface area contributed by atoms with Gasteiger partial charge in [0.1, 0.15) is 0 Å². The van der Waals surface area contributed by atoms with Gasteiger partial charge in [-0.15, -0.1) is 12.4 Å². The van der Waals surface area contributed by atoms with Crippen molar-refractivity contribution in [3.63, 3.8) is 0 Å². The van der Waals surface area contributed by atoms with Gasteiger partial charge in [0, 0.05) is 30.2 Å². The molecule has 0 aromatic heterocycles. The van der Waals surface area contributed by atoms with Gasteiger partial charge < -0.3 is 10.1 Å². The van der Waals surface area contributed by atoms with E-state index in [0.29, 0.717) is 13.1 Å². The molecule has 0 spiro atoms. The number of hydrogen-bond acceptors (Lipinski definition) is 5. The Labute approximate surface area is 147 Å². The maximum Gasteiger partial charge on any atom is 0.339 e. The van der Waals surface area contributed by atoms with Crippen molar-refractivity contribution in [2.45, 2.75) is 30.8 Å². The summed E-state index contributed by atoms with van der Waals surface area (Å²) in [4.78, 5) is 11.8. The Kier molecular flexibility index (Phi) is 6.85. The highest BCUT2D eigenvalue weighted by atomic mass is 35.5. The second-order valence-electron chi connectivity index (χ2n) is 5.23. The Morgan fingerprint density at radius 1 is 1.39 bits per heavy atom. The van der Waals surface area contributed by atoms with E-state index < -0.39 is 16.0 Å². The molecular weight excluding hydrogens is 363 g/mol. The molecule has 1 heterocycles. The van der Waals surface area contributed by atoms with Crippen LogP contribution < -0.4 is 5.32 Å². The highest BCUT2D eigenvalue weighted by Crippen LogP contribution is 2.27. The number of nitrogens with zero attached hydrogens (tertiary/aromatic N) is 1. The summed E-state index contributed by atoms with van der Waals surface area (Å²) in [5.41, 5.74) is -0.0478. The van der Waals surface area contributed by atoms with Crippen LogP contribution >= 0.6 is 24.0 Å². The van der Waals surface area contributed by atoms with Crippen molar-refractivity contribution in [3.05, 3.63) is 28.8 Å². The molecule has 2 rings (SSSR count). The van der Waals surface area contributed by atoms with E-state index in [9.17, 15) is 13.2 Å². The molecule has 9 heteroatoms. The first-order chi connectivity index (χ1) is 10.3. The molecule has 2 unspecified atom stereocenters. The van der Waals surface area contributed by atoms with Crippen LogP contribution in [0.3, 0.4) is 0 Å². The number of carbonyl (C=O) groups excluding carboxylic acids is 1. The Bertz CT molecular complexity index is 681. The smallest absolute Gasteiger partial charge is 0.339 e. The second kappa shape index (κ2) is 7.81. The number of esters is 1. The Hall–Kier alpha value is -0.860. The molecule has 0 saturated carbocycles. The van der Waals surface area contributed by atoms with Gasteiger partial charge >= 0.3 is 5.97 Å². The lowest BCUT2D eigenvalue weighted by molar-refractivity contribution is 0.0596. The fraction of sp³-hybridized carbons (Fsp3) is 0.500. The van der Waals surface area contributed by atoms with Crippen LogP contribution in [0.25, 0.3) is 0 Å². The largest absolute Gasteiger partial charge is 0.465 e. The van der Waals surface area contributed by atoms with Gasteiger partial charge in [-0.1, -0.05) is 11.6 Å². The molecule has 0 aliphatic carbocycles. The molecule has 1 fully saturated rings. The normalized spacial score (nSPS) is 22.3. The third-order valence-electron chi connectivity index (χ3n) is 3.91. The first-order valence-electron chi connectivity index (χ1n) is 6.92. The van der Waals surface area contributed by atoms with Crippen LogP contribution in [0.4, 0.5) is 0 Å². The molecule has 130 valence electrons. The average molecular weight is 383 g/mol. The minimum Gasteiger partial charge on any atom is -0.465 e. The summed E-state index contributed by atoms with van der Waals surface area (Å²) in [5.74, 6) is -0.725. The fourth-order valence-corrected chi connectivity index (χ4v) is 4.52. The molecule has 2 atom stereocenters. The summed E-state index contributed by atoms with van der Waals surface area (Å²) in [5, 5.41) is 3.50. The van der Waals surface area contributed by atoms with E-state index in [4.69, 9.17) is 11.6 Å². The average Bonchev–Trinajstić information content (AvgIpc) is 2.48. The van der Waals surface area contributed by atoms with E-state index in [1.54, 1.807) is 0 Å². The van der Waals surface area contributed by atoms with Crippen LogP contribution in [0.15, 0.2) is 23.1 Å². The molecule has 1 saturated heterocycles. The summed E-state index contributed by atoms with van der Waals surface area (Å²) in [6.45, 7) is 4.67. The van der Waals surface area contributed by atoms with Crippen molar-refractivity contribution in [1.82, 2.24) is 9.62 Å². The fourth-order valence-electron chi connectivity index (χ4n) is 2.49. The van der Waals surface area contributed by atoms with Gasteiger partial charge in [0.25, 0.3) is 0 Å². The monoisotopic (exact) mass is 382 g/mol. The summed E-state index contributed by atoms with van der Waals surface area (Å²) < 4.78 is 32.0. The van der Waals surface area contributed by atoms with E-state index >= 15 is 0 Å². The Balaban J connectivity index is 0.00000264. The van der Waals surface area contributed by atoms with Crippen LogP contribution in [-0.4, -0.2) is 51.0 Å². The van der Waals surface area contributed by atoms with Gasteiger partial charge in [-0.05, 0) is 32.0 Å². The summed E-state index contributed by atoms with van der Waals surface area (Å²) >= 11 is 5.88. The van der Waals surface area contributed by atoms with Gasteiger partial charge in [0.05, 0.1) is 17.6 Å². The molecule has 0 radical (unpaired) electrons. The highest BCUT2D eigenvalue weighted by molar-refractivity contribution is 7.89. The zero-order chi connectivity index (χ0) is 16.5. The highest BCUT2D eigenvalue weighted by Gasteiger charge is 2.36. The zero-order valence-electron chi connectivity index (χ0n) is 13.1. The van der Waals surface area contributed by atoms with E-state index in [1.807, 2.05) is 13.8 Å². The standard InChI is InChI=1S/C14H19ClN2O4S.ClH/c1-9-10(2)17(7-6-16-9)22(19,20)13-5-4-11(15)8-12(13)14(18)21-3;/h4-5,8-10,16H,6-7H2,1-3H3;1H. The van der Waals surface area contributed by atoms with Crippen LogP contribution in [0, 0.1) is 0 Å². The van der Waals surface area contributed by atoms with E-state index in [-0.39, 0.29) is 40.0 Å². The quantitative estimate of drug-likeness (QED) is 0.808. The number of carbonyl (C=O) groups is 1. The van der Waals surface area contributed by atoms with Crippen LogP contribution in [0.5, 0.6) is 0 Å². The van der Waals surface area contributed by atoms with E-state index in [1.165, 1.54) is 29.6 Å². The van der Waals surface area contributed by atoms with Crippen molar-refractivity contribution in [2.24, 2.45) is 0 Å². The first kappa shape index (κ1) is 20.2. The molecule has 1 aromatic rings. The maximum atomic E-state index is 12.9. The summed E-state index contributed by atoms with van der Waals surface area (Å²) in [6, 6.07) is 3.93. The summed E-state index contributed by atoms with van der Waals surface area (Å²) in [7, 11) is -2.61. The number of methoxy groups -OCH3 is 1. The van der Waals surface area contributed by atoms with E-state index in [2.05, 4.69) is 10.1 Å². The third-order valence-corrected chi connectivity index (χ3v) is 6.19. The number of nitrogens with one attached hydrogen (secondary N) is 1. The number of ether oxygens (including phenoxy) is 1. The van der Waals surface area contributed by atoms with Gasteiger partial charge in [0.15, 0.2) is 0 Å². The molecule has 0 amide bonds. The molecular formula is C14H20Cl2N2O4S. The third kappa shape index (κ3) is 3.97. The first-order valence-corrected chi connectivity index (χ1v) is 8.74. The molecule has 6 nitrogen and oxygen atoms in total. The lowest BCUT2D eigenvalue weighted by Crippen LogP contribution is -2.57. The predicted octanol–water partition coefficient (Wildman–Crippen LogP) is 1.92. The lowest BCUT2D eigenvalue weighted by Gasteiger charge is -2.37. The van der Waals surface area contributed by atoms with Gasteiger partial charge in [-0.25, -0.2) is 13.2 Å². The lowest BCUT2D eigenvalue weighted by atomic mass is 10.1. The molecule has 1 aliphatic rings. The van der Waals surface area contributed by atoms with Crippen molar-refractivity contribution in [3.8, 4) is 0 Å². The predicted molar refractivity (Wildman–Crippen MR) is 90.9 cm³/mol. The molecule has 0 bridgehead atoms. The molecule has 1 aromatic carbocycles. The number of hydrogen-bond donors (Lipinski definition) is 1. The minimum atomic E-state index is -3.81. The number of halogens is 2. The van der Waals surface area contributed by atoms with Crippen molar-refractivity contribution < 1.29 is 17.9 Å². The Morgan fingerprint density at radius 2 is 2.04 bits per heavy atom. The van der Waals surface area contributed by atoms with Gasteiger partial charge in [-0.2, -0.15) is 4.31 Å². The number of benzene rings is 1. The number of rotatable bonds is 3. The second-order valence-corrected chi connectivity index (χ2v) is 7.53. The SMILES string of the molecule is COC(=O)c1cc(Cl)ccc1S(=O)(=O)N1CCNC(C)C1C.Cl. The van der Waals surface area contributed by atoms with Crippen LogP contribution in [0.1, 0.15) is 24.2 Å². The molecule has 1 N–H and O–H groups in total. The van der Waals surface area contributed by atoms with Crippen molar-refractivity contribution >= 4 is 40.0 Å². The van der Waals surface area contributed by atoms with Gasteiger partial charge in [0.2, 0.25) is 10.0 Å². The van der Waals surface area contributed by atoms with Crippen LogP contribution in [0.2, 0.25) is 5.02 Å². The summed E-state index contributed by atoms with van der Waals surface area (Å²) in [6.07, 6.45) is 0. The zero-order valence-corrected chi connectivity index (χ0v) is 15.5.